The molecule has 0 aromatic heterocycles. The highest BCUT2D eigenvalue weighted by Crippen LogP contribution is 2.37. The molecule has 2 aliphatic rings. The van der Waals surface area contributed by atoms with Gasteiger partial charge in [-0.25, -0.2) is 4.79 Å². The van der Waals surface area contributed by atoms with Crippen molar-refractivity contribution in [3.8, 4) is 0 Å². The topological polar surface area (TPSA) is 99.2 Å². The van der Waals surface area contributed by atoms with Crippen LogP contribution in [0.1, 0.15) is 27.7 Å². The number of carbonyl (C=O) groups excluding carboxylic acids is 3. The quantitative estimate of drug-likeness (QED) is 0.518. The Kier molecular flexibility index (Phi) is 5.14. The van der Waals surface area contributed by atoms with Crippen LogP contribution in [0.5, 0.6) is 0 Å². The average molecular weight is 359 g/mol. The molecule has 9 heteroatoms. The molecule has 1 saturated heterocycles. The minimum atomic E-state index is -1.46. The average Bonchev–Trinajstić information content (AvgIpc) is 2.43. The Morgan fingerprint density at radius 3 is 2.46 bits per heavy atom. The molecule has 0 saturated carbocycles. The predicted octanol–water partition coefficient (Wildman–Crippen LogP) is 0.0909. The number of carbonyl (C=O) groups is 3. The van der Waals surface area contributed by atoms with Gasteiger partial charge in [0.05, 0.1) is 16.6 Å². The van der Waals surface area contributed by atoms with Gasteiger partial charge in [0, 0.05) is 19.6 Å². The normalized spacial score (nSPS) is 26.6. The molecule has 8 nitrogen and oxygen atoms in total. The third-order valence-corrected chi connectivity index (χ3v) is 5.08. The van der Waals surface area contributed by atoms with Crippen LogP contribution in [-0.2, 0) is 39.4 Å². The minimum absolute atomic E-state index is 0.00549. The monoisotopic (exact) mass is 359 g/mol. The lowest BCUT2D eigenvalue weighted by Crippen LogP contribution is -2.69. The first-order valence-corrected chi connectivity index (χ1v) is 8.77. The fourth-order valence-electron chi connectivity index (χ4n) is 2.51. The van der Waals surface area contributed by atoms with Crippen LogP contribution in [0.3, 0.4) is 0 Å². The summed E-state index contributed by atoms with van der Waals surface area (Å²) in [6.45, 7) is 6.11. The summed E-state index contributed by atoms with van der Waals surface area (Å²) in [7, 11) is -0.111. The Morgan fingerprint density at radius 1 is 1.33 bits per heavy atom. The molecule has 0 aromatic rings. The van der Waals surface area contributed by atoms with E-state index in [0.29, 0.717) is 5.57 Å². The number of esters is 2. The number of methoxy groups -OCH3 is 1. The van der Waals surface area contributed by atoms with Crippen LogP contribution in [0.4, 0.5) is 0 Å². The second-order valence-corrected chi connectivity index (χ2v) is 8.05. The van der Waals surface area contributed by atoms with Gasteiger partial charge < -0.3 is 14.2 Å². The molecule has 2 aliphatic heterocycles. The van der Waals surface area contributed by atoms with Gasteiger partial charge >= 0.3 is 11.9 Å². The molecule has 0 aliphatic carbocycles. The van der Waals surface area contributed by atoms with Crippen molar-refractivity contribution >= 4 is 28.6 Å². The molecular formula is C15H21NO7S. The Balaban J connectivity index is 2.40. The van der Waals surface area contributed by atoms with Gasteiger partial charge in [-0.3, -0.25) is 18.7 Å². The first kappa shape index (κ1) is 18.6. The Hall–Kier alpha value is -1.74. The number of rotatable bonds is 4. The maximum Gasteiger partial charge on any atom is 0.355 e. The number of hydrogen-bond acceptors (Lipinski definition) is 7. The molecule has 0 N–H and O–H groups in total. The second kappa shape index (κ2) is 6.64. The Labute approximate surface area is 142 Å². The van der Waals surface area contributed by atoms with Crippen molar-refractivity contribution in [2.75, 3.05) is 19.5 Å². The van der Waals surface area contributed by atoms with Crippen molar-refractivity contribution < 1.29 is 32.8 Å². The van der Waals surface area contributed by atoms with Crippen LogP contribution in [0.2, 0.25) is 0 Å². The van der Waals surface area contributed by atoms with Gasteiger partial charge in [-0.15, -0.1) is 0 Å². The van der Waals surface area contributed by atoms with Crippen LogP contribution in [-0.4, -0.2) is 63.5 Å². The lowest BCUT2D eigenvalue weighted by atomic mass is 10.1. The molecule has 0 spiro atoms. The highest BCUT2D eigenvalue weighted by atomic mass is 32.2. The molecule has 2 heterocycles. The summed E-state index contributed by atoms with van der Waals surface area (Å²) >= 11 is 0. The molecule has 0 radical (unpaired) electrons. The van der Waals surface area contributed by atoms with Crippen LogP contribution in [0.15, 0.2) is 11.3 Å². The molecule has 24 heavy (non-hydrogen) atoms. The van der Waals surface area contributed by atoms with E-state index < -0.39 is 45.7 Å². The third-order valence-electron chi connectivity index (χ3n) is 3.45. The summed E-state index contributed by atoms with van der Waals surface area (Å²) < 4.78 is 27.7. The number of amides is 1. The molecule has 1 amide bonds. The Bertz CT molecular complexity index is 634. The van der Waals surface area contributed by atoms with Gasteiger partial charge in [0.2, 0.25) is 0 Å². The summed E-state index contributed by atoms with van der Waals surface area (Å²) in [5.41, 5.74) is -0.469. The van der Waals surface area contributed by atoms with Crippen LogP contribution < -0.4 is 0 Å². The van der Waals surface area contributed by atoms with E-state index in [-0.39, 0.29) is 18.1 Å². The minimum Gasteiger partial charge on any atom is -0.461 e. The summed E-state index contributed by atoms with van der Waals surface area (Å²) in [6.07, 6.45) is -0.849. The van der Waals surface area contributed by atoms with Gasteiger partial charge in [0.25, 0.3) is 5.91 Å². The van der Waals surface area contributed by atoms with Crippen LogP contribution in [0, 0.1) is 0 Å². The van der Waals surface area contributed by atoms with Crippen molar-refractivity contribution in [3.63, 3.8) is 0 Å². The van der Waals surface area contributed by atoms with E-state index in [1.54, 1.807) is 20.8 Å². The van der Waals surface area contributed by atoms with E-state index in [9.17, 15) is 18.6 Å². The number of fused-ring (bicyclic) bond motifs is 1. The van der Waals surface area contributed by atoms with E-state index in [1.165, 1.54) is 14.0 Å². The molecule has 0 bridgehead atoms. The highest BCUT2D eigenvalue weighted by Gasteiger charge is 2.57. The third kappa shape index (κ3) is 3.51. The molecule has 0 aromatic carbocycles. The van der Waals surface area contributed by atoms with Crippen LogP contribution in [0.25, 0.3) is 0 Å². The zero-order valence-corrected chi connectivity index (χ0v) is 15.1. The summed E-state index contributed by atoms with van der Waals surface area (Å²) in [6, 6.07) is 0. The molecule has 3 atom stereocenters. The molecule has 1 unspecified atom stereocenters. The Morgan fingerprint density at radius 2 is 1.96 bits per heavy atom. The first-order valence-electron chi connectivity index (χ1n) is 7.38. The van der Waals surface area contributed by atoms with E-state index in [1.807, 2.05) is 0 Å². The van der Waals surface area contributed by atoms with E-state index in [2.05, 4.69) is 0 Å². The highest BCUT2D eigenvalue weighted by molar-refractivity contribution is 7.86. The van der Waals surface area contributed by atoms with Gasteiger partial charge in [0.15, 0.2) is 6.10 Å². The summed E-state index contributed by atoms with van der Waals surface area (Å²) in [4.78, 5) is 37.0. The van der Waals surface area contributed by atoms with Gasteiger partial charge in [-0.2, -0.15) is 0 Å². The number of ether oxygens (including phenoxy) is 3. The van der Waals surface area contributed by atoms with Gasteiger partial charge in [-0.05, 0) is 20.8 Å². The lowest BCUT2D eigenvalue weighted by Gasteiger charge is -2.48. The molecule has 1 fully saturated rings. The predicted molar refractivity (Wildman–Crippen MR) is 83.9 cm³/mol. The SMILES string of the molecule is CO[C@H]1C(=O)N2C(C(=O)OC(C)(C)C)=C(COC(C)=O)CS(=O)[C@H]12. The smallest absolute Gasteiger partial charge is 0.355 e. The molecule has 2 rings (SSSR count). The van der Waals surface area contributed by atoms with Crippen molar-refractivity contribution in [1.82, 2.24) is 4.90 Å². The van der Waals surface area contributed by atoms with Crippen molar-refractivity contribution in [3.05, 3.63) is 11.3 Å². The maximum atomic E-state index is 12.6. The summed E-state index contributed by atoms with van der Waals surface area (Å²) in [5, 5.41) is -0.730. The fourth-order valence-corrected chi connectivity index (χ4v) is 4.19. The van der Waals surface area contributed by atoms with E-state index >= 15 is 0 Å². The molecular weight excluding hydrogens is 338 g/mol. The van der Waals surface area contributed by atoms with Crippen molar-refractivity contribution in [1.29, 1.82) is 0 Å². The van der Waals surface area contributed by atoms with E-state index in [0.717, 1.165) is 4.90 Å². The van der Waals surface area contributed by atoms with Gasteiger partial charge in [0.1, 0.15) is 23.3 Å². The van der Waals surface area contributed by atoms with Crippen LogP contribution >= 0.6 is 0 Å². The number of hydrogen-bond donors (Lipinski definition) is 0. The lowest BCUT2D eigenvalue weighted by molar-refractivity contribution is -0.167. The van der Waals surface area contributed by atoms with Crippen molar-refractivity contribution in [2.24, 2.45) is 0 Å². The zero-order valence-electron chi connectivity index (χ0n) is 14.3. The maximum absolute atomic E-state index is 12.6. The fraction of sp³-hybridized carbons (Fsp3) is 0.667. The first-order chi connectivity index (χ1) is 11.1. The van der Waals surface area contributed by atoms with Gasteiger partial charge in [-0.1, -0.05) is 0 Å². The number of nitrogens with zero attached hydrogens (tertiary/aromatic N) is 1. The zero-order chi connectivity index (χ0) is 18.2. The second-order valence-electron chi connectivity index (χ2n) is 6.51. The largest absolute Gasteiger partial charge is 0.461 e. The number of β-lactam (4-membered cyclic amide) rings is 1. The van der Waals surface area contributed by atoms with Crippen molar-refractivity contribution in [2.45, 2.75) is 44.8 Å². The molecule has 134 valence electrons. The van der Waals surface area contributed by atoms with E-state index in [4.69, 9.17) is 14.2 Å². The standard InChI is InChI=1S/C15H21NO7S/c1-8(17)22-6-9-7-24(20)13-11(21-5)12(18)16(13)10(9)14(19)23-15(2,3)4/h11,13H,6-7H2,1-5H3/t11-,13+,24?/m0/s1. The summed E-state index contributed by atoms with van der Waals surface area (Å²) in [5.74, 6) is -1.70.